The molecule has 1 heterocycles. The number of aliphatic imine (C=N–C) groups is 1. The molecule has 0 spiro atoms. The van der Waals surface area contributed by atoms with Gasteiger partial charge in [-0.3, -0.25) is 4.79 Å². The molecule has 2 aromatic carbocycles. The van der Waals surface area contributed by atoms with E-state index in [1.807, 2.05) is 24.3 Å². The highest BCUT2D eigenvalue weighted by Gasteiger charge is 2.24. The zero-order valence-corrected chi connectivity index (χ0v) is 18.0. The van der Waals surface area contributed by atoms with Crippen LogP contribution in [0.25, 0.3) is 6.08 Å². The van der Waals surface area contributed by atoms with Crippen molar-refractivity contribution in [2.45, 2.75) is 0 Å². The standard InChI is InChI=1S/C16H9Br2IN2O2S/c17-11-5-8(6-12(18)14(11)22)7-13-15(23)21-16(24-13)20-10-3-1-9(19)2-4-10/h1-7,22H,(H,20,21,23)/b13-7+. The van der Waals surface area contributed by atoms with Crippen LogP contribution in [0.1, 0.15) is 5.56 Å². The van der Waals surface area contributed by atoms with Gasteiger partial charge in [-0.25, -0.2) is 4.99 Å². The van der Waals surface area contributed by atoms with Crippen molar-refractivity contribution >= 4 is 89.1 Å². The summed E-state index contributed by atoms with van der Waals surface area (Å²) in [5, 5.41) is 13.1. The first kappa shape index (κ1) is 18.0. The summed E-state index contributed by atoms with van der Waals surface area (Å²) in [5.74, 6) is -0.0637. The molecule has 8 heteroatoms. The molecule has 1 aliphatic rings. The number of phenolic OH excluding ortho intramolecular Hbond substituents is 1. The first-order chi connectivity index (χ1) is 11.4. The summed E-state index contributed by atoms with van der Waals surface area (Å²) in [6, 6.07) is 11.2. The number of nitrogens with zero attached hydrogens (tertiary/aromatic N) is 1. The van der Waals surface area contributed by atoms with Crippen LogP contribution in [-0.4, -0.2) is 16.2 Å². The van der Waals surface area contributed by atoms with Gasteiger partial charge in [0.2, 0.25) is 0 Å². The Morgan fingerprint density at radius 2 is 1.79 bits per heavy atom. The van der Waals surface area contributed by atoms with Gasteiger partial charge in [0.25, 0.3) is 5.91 Å². The van der Waals surface area contributed by atoms with E-state index in [1.54, 1.807) is 18.2 Å². The number of rotatable bonds is 2. The van der Waals surface area contributed by atoms with E-state index in [9.17, 15) is 9.90 Å². The summed E-state index contributed by atoms with van der Waals surface area (Å²) in [6.45, 7) is 0. The summed E-state index contributed by atoms with van der Waals surface area (Å²) in [6.07, 6.45) is 1.76. The van der Waals surface area contributed by atoms with Crippen molar-refractivity contribution in [3.05, 3.63) is 59.4 Å². The lowest BCUT2D eigenvalue weighted by atomic mass is 10.2. The minimum Gasteiger partial charge on any atom is -0.506 e. The SMILES string of the molecule is O=C1NC(=Nc2ccc(I)cc2)S/C1=C/c1cc(Br)c(O)c(Br)c1. The van der Waals surface area contributed by atoms with Crippen LogP contribution in [0.4, 0.5) is 5.69 Å². The Morgan fingerprint density at radius 1 is 1.17 bits per heavy atom. The van der Waals surface area contributed by atoms with Crippen LogP contribution in [0.5, 0.6) is 5.75 Å². The van der Waals surface area contributed by atoms with E-state index < -0.39 is 0 Å². The van der Waals surface area contributed by atoms with E-state index in [-0.39, 0.29) is 11.7 Å². The maximum Gasteiger partial charge on any atom is 0.264 e. The highest BCUT2D eigenvalue weighted by molar-refractivity contribution is 14.1. The molecule has 24 heavy (non-hydrogen) atoms. The third kappa shape index (κ3) is 4.22. The molecule has 0 bridgehead atoms. The highest BCUT2D eigenvalue weighted by atomic mass is 127. The average Bonchev–Trinajstić information content (AvgIpc) is 2.87. The number of carbonyl (C=O) groups is 1. The highest BCUT2D eigenvalue weighted by Crippen LogP contribution is 2.35. The van der Waals surface area contributed by atoms with Crippen molar-refractivity contribution in [2.24, 2.45) is 4.99 Å². The van der Waals surface area contributed by atoms with Crippen LogP contribution < -0.4 is 5.32 Å². The van der Waals surface area contributed by atoms with Crippen molar-refractivity contribution in [3.8, 4) is 5.75 Å². The zero-order chi connectivity index (χ0) is 17.3. The number of benzene rings is 2. The van der Waals surface area contributed by atoms with Crippen LogP contribution in [0.2, 0.25) is 0 Å². The van der Waals surface area contributed by atoms with Crippen LogP contribution >= 0.6 is 66.2 Å². The number of carbonyl (C=O) groups excluding carboxylic acids is 1. The molecule has 1 saturated heterocycles. The first-order valence-corrected chi connectivity index (χ1v) is 10.1. The van der Waals surface area contributed by atoms with Gasteiger partial charge in [-0.1, -0.05) is 0 Å². The summed E-state index contributed by atoms with van der Waals surface area (Å²) in [7, 11) is 0. The Bertz CT molecular complexity index is 859. The molecule has 0 aliphatic carbocycles. The van der Waals surface area contributed by atoms with E-state index in [1.165, 1.54) is 11.8 Å². The predicted octanol–water partition coefficient (Wildman–Crippen LogP) is 5.41. The molecule has 3 rings (SSSR count). The molecule has 122 valence electrons. The zero-order valence-electron chi connectivity index (χ0n) is 11.9. The normalized spacial score (nSPS) is 17.5. The summed E-state index contributed by atoms with van der Waals surface area (Å²) >= 11 is 10.1. The van der Waals surface area contributed by atoms with Crippen molar-refractivity contribution in [1.29, 1.82) is 0 Å². The Kier molecular flexibility index (Phi) is 5.68. The Hall–Kier alpha value is -0.840. The van der Waals surface area contributed by atoms with Crippen LogP contribution in [0, 0.1) is 3.57 Å². The van der Waals surface area contributed by atoms with Crippen molar-refractivity contribution in [1.82, 2.24) is 5.32 Å². The van der Waals surface area contributed by atoms with Gasteiger partial charge in [-0.05, 0) is 114 Å². The molecule has 0 radical (unpaired) electrons. The molecule has 4 nitrogen and oxygen atoms in total. The van der Waals surface area contributed by atoms with Gasteiger partial charge in [0.1, 0.15) is 5.75 Å². The number of amides is 1. The van der Waals surface area contributed by atoms with E-state index in [2.05, 4.69) is 64.8 Å². The smallest absolute Gasteiger partial charge is 0.264 e. The summed E-state index contributed by atoms with van der Waals surface area (Å²) in [4.78, 5) is 17.1. The van der Waals surface area contributed by atoms with Crippen LogP contribution in [0.3, 0.4) is 0 Å². The second-order valence-electron chi connectivity index (χ2n) is 4.79. The lowest BCUT2D eigenvalue weighted by Crippen LogP contribution is -2.19. The molecule has 0 saturated carbocycles. The fourth-order valence-electron chi connectivity index (χ4n) is 1.93. The van der Waals surface area contributed by atoms with Crippen molar-refractivity contribution in [2.75, 3.05) is 0 Å². The van der Waals surface area contributed by atoms with Gasteiger partial charge < -0.3 is 10.4 Å². The van der Waals surface area contributed by atoms with E-state index >= 15 is 0 Å². The second-order valence-corrected chi connectivity index (χ2v) is 8.78. The van der Waals surface area contributed by atoms with Gasteiger partial charge in [-0.2, -0.15) is 0 Å². The molecule has 1 fully saturated rings. The largest absolute Gasteiger partial charge is 0.506 e. The Labute approximate surface area is 173 Å². The molecular weight excluding hydrogens is 571 g/mol. The van der Waals surface area contributed by atoms with E-state index in [0.29, 0.717) is 19.0 Å². The molecule has 0 aromatic heterocycles. The van der Waals surface area contributed by atoms with Gasteiger partial charge >= 0.3 is 0 Å². The van der Waals surface area contributed by atoms with Gasteiger partial charge in [0.15, 0.2) is 5.17 Å². The minimum atomic E-state index is -0.190. The molecule has 1 aliphatic heterocycles. The fourth-order valence-corrected chi connectivity index (χ4v) is 4.36. The number of hydrogen-bond acceptors (Lipinski definition) is 4. The number of nitrogens with one attached hydrogen (secondary N) is 1. The first-order valence-electron chi connectivity index (χ1n) is 6.65. The molecule has 0 atom stereocenters. The third-order valence-electron chi connectivity index (χ3n) is 3.05. The Morgan fingerprint density at radius 3 is 2.42 bits per heavy atom. The number of phenols is 1. The van der Waals surface area contributed by atoms with Crippen LogP contribution in [0.15, 0.2) is 55.2 Å². The van der Waals surface area contributed by atoms with Gasteiger partial charge in [0, 0.05) is 3.57 Å². The lowest BCUT2D eigenvalue weighted by molar-refractivity contribution is -0.115. The summed E-state index contributed by atoms with van der Waals surface area (Å²) < 4.78 is 2.24. The number of thioether (sulfide) groups is 1. The number of amidine groups is 1. The molecule has 2 N–H and O–H groups in total. The predicted molar refractivity (Wildman–Crippen MR) is 113 cm³/mol. The lowest BCUT2D eigenvalue weighted by Gasteiger charge is -2.02. The molecular formula is C16H9Br2IN2O2S. The van der Waals surface area contributed by atoms with Crippen molar-refractivity contribution < 1.29 is 9.90 Å². The summed E-state index contributed by atoms with van der Waals surface area (Å²) in [5.41, 5.74) is 1.58. The topological polar surface area (TPSA) is 61.7 Å². The number of hydrogen-bond donors (Lipinski definition) is 2. The van der Waals surface area contributed by atoms with Crippen molar-refractivity contribution in [3.63, 3.8) is 0 Å². The molecule has 2 aromatic rings. The van der Waals surface area contributed by atoms with Gasteiger partial charge in [0.05, 0.1) is 19.5 Å². The maximum atomic E-state index is 12.1. The molecule has 0 unspecified atom stereocenters. The maximum absolute atomic E-state index is 12.1. The van der Waals surface area contributed by atoms with Crippen LogP contribution in [-0.2, 0) is 4.79 Å². The average molecular weight is 580 g/mol. The quantitative estimate of drug-likeness (QED) is 0.369. The van der Waals surface area contributed by atoms with E-state index in [0.717, 1.165) is 14.8 Å². The van der Waals surface area contributed by atoms with Gasteiger partial charge in [-0.15, -0.1) is 0 Å². The van der Waals surface area contributed by atoms with E-state index in [4.69, 9.17) is 0 Å². The molecule has 1 amide bonds. The minimum absolute atomic E-state index is 0.127. The number of halogens is 3. The number of aromatic hydroxyl groups is 1. The Balaban J connectivity index is 1.86. The second kappa shape index (κ2) is 7.59. The monoisotopic (exact) mass is 578 g/mol. The fraction of sp³-hybridized carbons (Fsp3) is 0. The third-order valence-corrected chi connectivity index (χ3v) is 5.88.